The van der Waals surface area contributed by atoms with Crippen molar-refractivity contribution < 1.29 is 9.21 Å². The van der Waals surface area contributed by atoms with Crippen molar-refractivity contribution in [1.29, 1.82) is 0 Å². The molecule has 17 heavy (non-hydrogen) atoms. The molecule has 0 saturated carbocycles. The van der Waals surface area contributed by atoms with E-state index in [-0.39, 0.29) is 11.1 Å². The van der Waals surface area contributed by atoms with Crippen LogP contribution in [0.5, 0.6) is 0 Å². The number of carbonyl (C=O) groups is 1. The molecule has 0 radical (unpaired) electrons. The monoisotopic (exact) mass is 250 g/mol. The minimum Gasteiger partial charge on any atom is -0.452 e. The summed E-state index contributed by atoms with van der Waals surface area (Å²) < 4.78 is 4.86. The molecular weight excluding hydrogens is 240 g/mol. The Morgan fingerprint density at radius 3 is 2.76 bits per heavy atom. The van der Waals surface area contributed by atoms with Crippen LogP contribution in [-0.2, 0) is 6.54 Å². The Labute approximate surface area is 103 Å². The third-order valence-corrected chi connectivity index (χ3v) is 2.64. The molecule has 0 bridgehead atoms. The average molecular weight is 251 g/mol. The van der Waals surface area contributed by atoms with Gasteiger partial charge in [0, 0.05) is 12.2 Å². The molecule has 1 aromatic heterocycles. The van der Waals surface area contributed by atoms with Crippen molar-refractivity contribution >= 4 is 23.2 Å². The lowest BCUT2D eigenvalue weighted by atomic mass is 10.1. The summed E-state index contributed by atoms with van der Waals surface area (Å²) in [5.74, 6) is -0.315. The number of halogens is 1. The van der Waals surface area contributed by atoms with E-state index in [4.69, 9.17) is 21.8 Å². The molecule has 0 atom stereocenters. The van der Waals surface area contributed by atoms with Crippen molar-refractivity contribution in [3.05, 3.63) is 52.9 Å². The largest absolute Gasteiger partial charge is 0.452 e. The van der Waals surface area contributed by atoms with Crippen molar-refractivity contribution in [2.45, 2.75) is 6.54 Å². The average Bonchev–Trinajstić information content (AvgIpc) is 2.76. The standard InChI is InChI=1S/C12H11ClN2O2/c13-11-9(5-6-17-11)12(16)15-10-4-2-1-3-8(10)7-14/h1-6H,7,14H2,(H,15,16). The number of nitrogens with one attached hydrogen (secondary N) is 1. The molecule has 0 spiro atoms. The van der Waals surface area contributed by atoms with Gasteiger partial charge in [-0.1, -0.05) is 18.2 Å². The zero-order valence-electron chi connectivity index (χ0n) is 8.94. The molecule has 2 rings (SSSR count). The molecule has 88 valence electrons. The highest BCUT2D eigenvalue weighted by Crippen LogP contribution is 2.20. The Balaban J connectivity index is 2.22. The van der Waals surface area contributed by atoms with E-state index in [2.05, 4.69) is 5.32 Å². The predicted molar refractivity (Wildman–Crippen MR) is 66.0 cm³/mol. The molecule has 1 amide bonds. The molecule has 1 heterocycles. The molecular formula is C12H11ClN2O2. The molecule has 3 N–H and O–H groups in total. The van der Waals surface area contributed by atoms with Gasteiger partial charge in [0.2, 0.25) is 5.22 Å². The van der Waals surface area contributed by atoms with E-state index in [0.717, 1.165) is 5.56 Å². The van der Waals surface area contributed by atoms with Crippen LogP contribution in [0.25, 0.3) is 0 Å². The summed E-state index contributed by atoms with van der Waals surface area (Å²) >= 11 is 5.72. The van der Waals surface area contributed by atoms with Gasteiger partial charge in [0.1, 0.15) is 0 Å². The van der Waals surface area contributed by atoms with E-state index in [1.54, 1.807) is 6.07 Å². The summed E-state index contributed by atoms with van der Waals surface area (Å²) in [6, 6.07) is 8.85. The van der Waals surface area contributed by atoms with Crippen molar-refractivity contribution in [3.8, 4) is 0 Å². The zero-order chi connectivity index (χ0) is 12.3. The highest BCUT2D eigenvalue weighted by Gasteiger charge is 2.13. The molecule has 0 aliphatic heterocycles. The minimum absolute atomic E-state index is 0.0766. The molecule has 0 saturated heterocycles. The maximum Gasteiger partial charge on any atom is 0.260 e. The normalized spacial score (nSPS) is 10.2. The van der Waals surface area contributed by atoms with E-state index in [9.17, 15) is 4.79 Å². The Hall–Kier alpha value is -1.78. The number of para-hydroxylation sites is 1. The van der Waals surface area contributed by atoms with Gasteiger partial charge in [0.15, 0.2) is 0 Å². The smallest absolute Gasteiger partial charge is 0.260 e. The lowest BCUT2D eigenvalue weighted by Gasteiger charge is -2.08. The lowest BCUT2D eigenvalue weighted by Crippen LogP contribution is -2.13. The quantitative estimate of drug-likeness (QED) is 0.880. The third-order valence-electron chi connectivity index (χ3n) is 2.35. The van der Waals surface area contributed by atoms with Crippen LogP contribution in [0.3, 0.4) is 0 Å². The molecule has 1 aromatic carbocycles. The number of benzene rings is 1. The van der Waals surface area contributed by atoms with Crippen LogP contribution >= 0.6 is 11.6 Å². The van der Waals surface area contributed by atoms with Crippen molar-refractivity contribution in [1.82, 2.24) is 0 Å². The number of rotatable bonds is 3. The second kappa shape index (κ2) is 5.03. The van der Waals surface area contributed by atoms with Crippen LogP contribution in [0.2, 0.25) is 5.22 Å². The fourth-order valence-electron chi connectivity index (χ4n) is 1.47. The second-order valence-electron chi connectivity index (χ2n) is 3.42. The number of hydrogen-bond donors (Lipinski definition) is 2. The second-order valence-corrected chi connectivity index (χ2v) is 3.77. The first-order chi connectivity index (χ1) is 8.22. The van der Waals surface area contributed by atoms with Crippen LogP contribution < -0.4 is 11.1 Å². The molecule has 4 nitrogen and oxygen atoms in total. The van der Waals surface area contributed by atoms with Gasteiger partial charge in [-0.15, -0.1) is 0 Å². The Morgan fingerprint density at radius 1 is 1.35 bits per heavy atom. The predicted octanol–water partition coefficient (Wildman–Crippen LogP) is 2.64. The topological polar surface area (TPSA) is 68.3 Å². The first-order valence-corrected chi connectivity index (χ1v) is 5.42. The maximum atomic E-state index is 11.9. The molecule has 0 aliphatic carbocycles. The molecule has 0 unspecified atom stereocenters. The van der Waals surface area contributed by atoms with Gasteiger partial charge in [-0.2, -0.15) is 0 Å². The first-order valence-electron chi connectivity index (χ1n) is 5.04. The number of nitrogens with two attached hydrogens (primary N) is 1. The summed E-state index contributed by atoms with van der Waals surface area (Å²) in [6.07, 6.45) is 1.37. The van der Waals surface area contributed by atoms with E-state index < -0.39 is 0 Å². The van der Waals surface area contributed by atoms with Crippen LogP contribution in [0.4, 0.5) is 5.69 Å². The van der Waals surface area contributed by atoms with Crippen LogP contribution in [0, 0.1) is 0 Å². The summed E-state index contributed by atoms with van der Waals surface area (Å²) in [6.45, 7) is 0.357. The van der Waals surface area contributed by atoms with Gasteiger partial charge >= 0.3 is 0 Å². The maximum absolute atomic E-state index is 11.9. The van der Waals surface area contributed by atoms with Gasteiger partial charge in [0.25, 0.3) is 5.91 Å². The van der Waals surface area contributed by atoms with Crippen LogP contribution in [0.1, 0.15) is 15.9 Å². The number of furan rings is 1. The fraction of sp³-hybridized carbons (Fsp3) is 0.0833. The summed E-state index contributed by atoms with van der Waals surface area (Å²) in [5.41, 5.74) is 7.42. The Morgan fingerprint density at radius 2 is 2.12 bits per heavy atom. The summed E-state index contributed by atoms with van der Waals surface area (Å²) in [4.78, 5) is 11.9. The van der Waals surface area contributed by atoms with Gasteiger partial charge in [0.05, 0.1) is 11.8 Å². The molecule has 2 aromatic rings. The highest BCUT2D eigenvalue weighted by atomic mass is 35.5. The number of hydrogen-bond acceptors (Lipinski definition) is 3. The highest BCUT2D eigenvalue weighted by molar-refractivity contribution is 6.32. The van der Waals surface area contributed by atoms with E-state index in [1.165, 1.54) is 12.3 Å². The van der Waals surface area contributed by atoms with Gasteiger partial charge in [-0.25, -0.2) is 0 Å². The molecule has 0 fully saturated rings. The molecule has 0 aliphatic rings. The van der Waals surface area contributed by atoms with Crippen LogP contribution in [0.15, 0.2) is 41.0 Å². The SMILES string of the molecule is NCc1ccccc1NC(=O)c1ccoc1Cl. The van der Waals surface area contributed by atoms with Crippen molar-refractivity contribution in [2.24, 2.45) is 5.73 Å². The fourth-order valence-corrected chi connectivity index (χ4v) is 1.67. The van der Waals surface area contributed by atoms with E-state index in [0.29, 0.717) is 17.8 Å². The van der Waals surface area contributed by atoms with Gasteiger partial charge in [-0.3, -0.25) is 4.79 Å². The first kappa shape index (κ1) is 11.7. The third kappa shape index (κ3) is 2.49. The number of carbonyl (C=O) groups excluding carboxylic acids is 1. The Bertz CT molecular complexity index is 537. The molecule has 5 heteroatoms. The van der Waals surface area contributed by atoms with Crippen molar-refractivity contribution in [2.75, 3.05) is 5.32 Å². The van der Waals surface area contributed by atoms with E-state index >= 15 is 0 Å². The van der Waals surface area contributed by atoms with Gasteiger partial charge in [-0.05, 0) is 29.3 Å². The summed E-state index contributed by atoms with van der Waals surface area (Å²) in [5, 5.41) is 2.82. The summed E-state index contributed by atoms with van der Waals surface area (Å²) in [7, 11) is 0. The number of anilines is 1. The van der Waals surface area contributed by atoms with Gasteiger partial charge < -0.3 is 15.5 Å². The van der Waals surface area contributed by atoms with E-state index in [1.807, 2.05) is 18.2 Å². The minimum atomic E-state index is -0.315. The number of amides is 1. The van der Waals surface area contributed by atoms with Crippen LogP contribution in [-0.4, -0.2) is 5.91 Å². The van der Waals surface area contributed by atoms with Crippen molar-refractivity contribution in [3.63, 3.8) is 0 Å². The zero-order valence-corrected chi connectivity index (χ0v) is 9.70. The lowest BCUT2D eigenvalue weighted by molar-refractivity contribution is 0.102. The Kier molecular flexibility index (Phi) is 3.46.